The van der Waals surface area contributed by atoms with Crippen molar-refractivity contribution in [2.45, 2.75) is 69.9 Å². The van der Waals surface area contributed by atoms with Crippen molar-refractivity contribution in [3.8, 4) is 0 Å². The van der Waals surface area contributed by atoms with Gasteiger partial charge in [0.25, 0.3) is 0 Å². The van der Waals surface area contributed by atoms with Gasteiger partial charge >= 0.3 is 0 Å². The number of hydrogen-bond donors (Lipinski definition) is 3. The summed E-state index contributed by atoms with van der Waals surface area (Å²) < 4.78 is 0. The molecule has 0 aromatic rings. The third-order valence-corrected chi connectivity index (χ3v) is 4.57. The Kier molecular flexibility index (Phi) is 4.49. The van der Waals surface area contributed by atoms with Crippen molar-refractivity contribution < 1.29 is 5.11 Å². The molecule has 0 aromatic heterocycles. The molecule has 0 radical (unpaired) electrons. The van der Waals surface area contributed by atoms with Crippen LogP contribution in [0.4, 0.5) is 0 Å². The van der Waals surface area contributed by atoms with Crippen molar-refractivity contribution in [2.75, 3.05) is 6.61 Å². The van der Waals surface area contributed by atoms with E-state index in [0.29, 0.717) is 12.0 Å². The molecule has 0 atom stereocenters. The van der Waals surface area contributed by atoms with Crippen LogP contribution in [-0.4, -0.2) is 29.3 Å². The summed E-state index contributed by atoms with van der Waals surface area (Å²) >= 11 is 0. The van der Waals surface area contributed by atoms with E-state index >= 15 is 0 Å². The van der Waals surface area contributed by atoms with Crippen LogP contribution in [0.5, 0.6) is 0 Å². The SMILES string of the molecule is CC1CCC(CO)(NC(N)=NC2CCCC2)CC1. The van der Waals surface area contributed by atoms with Gasteiger partial charge in [-0.3, -0.25) is 4.99 Å². The molecule has 104 valence electrons. The highest BCUT2D eigenvalue weighted by atomic mass is 16.3. The molecule has 0 saturated heterocycles. The zero-order valence-corrected chi connectivity index (χ0v) is 11.5. The first-order valence-corrected chi connectivity index (χ1v) is 7.36. The monoisotopic (exact) mass is 253 g/mol. The number of aliphatic hydroxyl groups excluding tert-OH is 1. The largest absolute Gasteiger partial charge is 0.394 e. The van der Waals surface area contributed by atoms with Gasteiger partial charge in [0, 0.05) is 0 Å². The van der Waals surface area contributed by atoms with E-state index in [9.17, 15) is 5.11 Å². The molecule has 0 unspecified atom stereocenters. The summed E-state index contributed by atoms with van der Waals surface area (Å²) in [4.78, 5) is 4.55. The first-order valence-electron chi connectivity index (χ1n) is 7.36. The number of hydrogen-bond acceptors (Lipinski definition) is 2. The van der Waals surface area contributed by atoms with Gasteiger partial charge in [0.1, 0.15) is 0 Å². The van der Waals surface area contributed by atoms with Gasteiger partial charge < -0.3 is 16.2 Å². The molecular weight excluding hydrogens is 226 g/mol. The Balaban J connectivity index is 1.92. The fraction of sp³-hybridized carbons (Fsp3) is 0.929. The van der Waals surface area contributed by atoms with E-state index in [-0.39, 0.29) is 12.1 Å². The summed E-state index contributed by atoms with van der Waals surface area (Å²) in [6.45, 7) is 2.43. The highest BCUT2D eigenvalue weighted by molar-refractivity contribution is 5.79. The van der Waals surface area contributed by atoms with Gasteiger partial charge in [-0.1, -0.05) is 19.8 Å². The minimum Gasteiger partial charge on any atom is -0.394 e. The summed E-state index contributed by atoms with van der Waals surface area (Å²) in [5, 5.41) is 13.0. The van der Waals surface area contributed by atoms with Gasteiger partial charge in [0.2, 0.25) is 0 Å². The predicted molar refractivity (Wildman–Crippen MR) is 74.5 cm³/mol. The van der Waals surface area contributed by atoms with E-state index < -0.39 is 0 Å². The summed E-state index contributed by atoms with van der Waals surface area (Å²) in [7, 11) is 0. The summed E-state index contributed by atoms with van der Waals surface area (Å²) in [5.41, 5.74) is 5.78. The van der Waals surface area contributed by atoms with Crippen molar-refractivity contribution in [1.29, 1.82) is 0 Å². The lowest BCUT2D eigenvalue weighted by atomic mass is 9.77. The second kappa shape index (κ2) is 5.91. The first-order chi connectivity index (χ1) is 8.63. The highest BCUT2D eigenvalue weighted by Gasteiger charge is 2.34. The maximum atomic E-state index is 9.66. The number of guanidine groups is 1. The Morgan fingerprint density at radius 2 is 1.89 bits per heavy atom. The van der Waals surface area contributed by atoms with Crippen LogP contribution in [0.2, 0.25) is 0 Å². The molecule has 2 rings (SSSR count). The molecule has 0 amide bonds. The lowest BCUT2D eigenvalue weighted by Gasteiger charge is -2.39. The molecular formula is C14H27N3O. The third-order valence-electron chi connectivity index (χ3n) is 4.57. The van der Waals surface area contributed by atoms with E-state index in [1.807, 2.05) is 0 Å². The van der Waals surface area contributed by atoms with Gasteiger partial charge in [-0.2, -0.15) is 0 Å². The number of nitrogens with one attached hydrogen (secondary N) is 1. The van der Waals surface area contributed by atoms with E-state index in [2.05, 4.69) is 17.2 Å². The third kappa shape index (κ3) is 3.37. The van der Waals surface area contributed by atoms with E-state index in [4.69, 9.17) is 5.73 Å². The fourth-order valence-corrected chi connectivity index (χ4v) is 3.17. The lowest BCUT2D eigenvalue weighted by molar-refractivity contribution is 0.122. The van der Waals surface area contributed by atoms with Gasteiger partial charge in [-0.05, 0) is 44.4 Å². The van der Waals surface area contributed by atoms with E-state index in [0.717, 1.165) is 44.4 Å². The number of nitrogens with two attached hydrogens (primary N) is 1. The molecule has 2 saturated carbocycles. The molecule has 18 heavy (non-hydrogen) atoms. The number of aliphatic hydroxyl groups is 1. The van der Waals surface area contributed by atoms with E-state index in [1.54, 1.807) is 0 Å². The van der Waals surface area contributed by atoms with Crippen LogP contribution in [0.15, 0.2) is 4.99 Å². The Morgan fingerprint density at radius 1 is 1.28 bits per heavy atom. The average Bonchev–Trinajstić information content (AvgIpc) is 2.85. The van der Waals surface area contributed by atoms with Gasteiger partial charge in [0.15, 0.2) is 5.96 Å². The molecule has 2 aliphatic carbocycles. The van der Waals surface area contributed by atoms with E-state index in [1.165, 1.54) is 12.8 Å². The van der Waals surface area contributed by atoms with Crippen molar-refractivity contribution >= 4 is 5.96 Å². The molecule has 4 N–H and O–H groups in total. The molecule has 2 aliphatic rings. The number of aliphatic imine (C=N–C) groups is 1. The van der Waals surface area contributed by atoms with Crippen LogP contribution in [0, 0.1) is 5.92 Å². The molecule has 0 bridgehead atoms. The van der Waals surface area contributed by atoms with Crippen LogP contribution >= 0.6 is 0 Å². The van der Waals surface area contributed by atoms with Crippen LogP contribution in [0.25, 0.3) is 0 Å². The van der Waals surface area contributed by atoms with Crippen LogP contribution in [0.1, 0.15) is 58.3 Å². The second-order valence-electron chi connectivity index (χ2n) is 6.20. The normalized spacial score (nSPS) is 34.8. The average molecular weight is 253 g/mol. The molecule has 4 heteroatoms. The molecule has 2 fully saturated rings. The fourth-order valence-electron chi connectivity index (χ4n) is 3.17. The molecule has 0 aromatic carbocycles. The smallest absolute Gasteiger partial charge is 0.189 e. The Bertz CT molecular complexity index is 289. The van der Waals surface area contributed by atoms with Gasteiger partial charge in [0.05, 0.1) is 18.2 Å². The zero-order chi connectivity index (χ0) is 13.0. The van der Waals surface area contributed by atoms with Crippen LogP contribution in [0.3, 0.4) is 0 Å². The minimum atomic E-state index is -0.224. The predicted octanol–water partition coefficient (Wildman–Crippen LogP) is 1.77. The number of nitrogens with zero attached hydrogens (tertiary/aromatic N) is 1. The first kappa shape index (κ1) is 13.7. The molecule has 0 heterocycles. The zero-order valence-electron chi connectivity index (χ0n) is 11.5. The lowest BCUT2D eigenvalue weighted by Crippen LogP contribution is -2.55. The standard InChI is InChI=1S/C14H27N3O/c1-11-6-8-14(10-18,9-7-11)17-13(15)16-12-4-2-3-5-12/h11-12,18H,2-10H2,1H3,(H3,15,16,17). The maximum absolute atomic E-state index is 9.66. The maximum Gasteiger partial charge on any atom is 0.189 e. The van der Waals surface area contributed by atoms with Crippen LogP contribution in [-0.2, 0) is 0 Å². The van der Waals surface area contributed by atoms with Gasteiger partial charge in [-0.15, -0.1) is 0 Å². The minimum absolute atomic E-state index is 0.153. The molecule has 0 aliphatic heterocycles. The van der Waals surface area contributed by atoms with Crippen LogP contribution < -0.4 is 11.1 Å². The quantitative estimate of drug-likeness (QED) is 0.530. The summed E-state index contributed by atoms with van der Waals surface area (Å²) in [6, 6.07) is 0.399. The summed E-state index contributed by atoms with van der Waals surface area (Å²) in [6.07, 6.45) is 9.15. The van der Waals surface area contributed by atoms with Crippen molar-refractivity contribution in [3.05, 3.63) is 0 Å². The van der Waals surface area contributed by atoms with Crippen molar-refractivity contribution in [1.82, 2.24) is 5.32 Å². The second-order valence-corrected chi connectivity index (χ2v) is 6.20. The topological polar surface area (TPSA) is 70.6 Å². The van der Waals surface area contributed by atoms with Gasteiger partial charge in [-0.25, -0.2) is 0 Å². The van der Waals surface area contributed by atoms with Crippen molar-refractivity contribution in [3.63, 3.8) is 0 Å². The van der Waals surface area contributed by atoms with Crippen molar-refractivity contribution in [2.24, 2.45) is 16.6 Å². The Hall–Kier alpha value is -0.770. The highest BCUT2D eigenvalue weighted by Crippen LogP contribution is 2.31. The number of rotatable bonds is 3. The summed E-state index contributed by atoms with van der Waals surface area (Å²) in [5.74, 6) is 1.30. The Labute approximate surface area is 110 Å². The Morgan fingerprint density at radius 3 is 2.44 bits per heavy atom. The molecule has 4 nitrogen and oxygen atoms in total. The molecule has 0 spiro atoms.